The number of para-hydroxylation sites is 1. The third-order valence-corrected chi connectivity index (χ3v) is 5.98. The Bertz CT molecular complexity index is 1420. The molecular formula is C24H19N3O5S. The summed E-state index contributed by atoms with van der Waals surface area (Å²) in [6, 6.07) is 19.5. The largest absolute Gasteiger partial charge is 0.497 e. The normalized spacial score (nSPS) is 12.0. The fourth-order valence-corrected chi connectivity index (χ4v) is 4.30. The van der Waals surface area contributed by atoms with Crippen LogP contribution in [0.3, 0.4) is 0 Å². The number of ether oxygens (including phenoxy) is 3. The Morgan fingerprint density at radius 2 is 1.94 bits per heavy atom. The first kappa shape index (κ1) is 20.9. The molecule has 1 aliphatic heterocycles. The number of nitrogens with one attached hydrogen (secondary N) is 1. The number of carbonyl (C=O) groups excluding carboxylic acids is 1. The van der Waals surface area contributed by atoms with Crippen molar-refractivity contribution in [2.24, 2.45) is 0 Å². The highest BCUT2D eigenvalue weighted by molar-refractivity contribution is 7.99. The molecule has 166 valence electrons. The summed E-state index contributed by atoms with van der Waals surface area (Å²) in [6.45, 7) is 0.165. The van der Waals surface area contributed by atoms with Gasteiger partial charge in [-0.25, -0.2) is 4.98 Å². The standard InChI is InChI=1S/C24H19N3O5S/c1-30-17-6-4-5-16(12-17)27-23(29)18-7-2-3-8-19(18)26-24(27)33-13-22(28)25-15-9-10-20-21(11-15)32-14-31-20/h2-12H,13-14H2,1H3,(H,25,28). The second-order valence-electron chi connectivity index (χ2n) is 7.16. The van der Waals surface area contributed by atoms with Crippen molar-refractivity contribution in [3.05, 3.63) is 77.1 Å². The minimum atomic E-state index is -0.238. The van der Waals surface area contributed by atoms with Crippen molar-refractivity contribution in [3.63, 3.8) is 0 Å². The molecule has 0 unspecified atom stereocenters. The average molecular weight is 461 g/mol. The second-order valence-corrected chi connectivity index (χ2v) is 8.10. The van der Waals surface area contributed by atoms with Crippen LogP contribution in [0.5, 0.6) is 17.2 Å². The number of rotatable bonds is 6. The molecule has 3 aromatic carbocycles. The molecule has 0 atom stereocenters. The van der Waals surface area contributed by atoms with Gasteiger partial charge in [0.2, 0.25) is 12.7 Å². The van der Waals surface area contributed by atoms with E-state index < -0.39 is 0 Å². The summed E-state index contributed by atoms with van der Waals surface area (Å²) < 4.78 is 17.5. The number of fused-ring (bicyclic) bond motifs is 2. The Hall–Kier alpha value is -3.98. The maximum atomic E-state index is 13.3. The predicted molar refractivity (Wildman–Crippen MR) is 126 cm³/mol. The lowest BCUT2D eigenvalue weighted by molar-refractivity contribution is -0.113. The fraction of sp³-hybridized carbons (Fsp3) is 0.125. The average Bonchev–Trinajstić information content (AvgIpc) is 3.31. The summed E-state index contributed by atoms with van der Waals surface area (Å²) in [7, 11) is 1.57. The molecule has 0 bridgehead atoms. The zero-order valence-corrected chi connectivity index (χ0v) is 18.4. The van der Waals surface area contributed by atoms with Crippen molar-refractivity contribution < 1.29 is 19.0 Å². The van der Waals surface area contributed by atoms with Gasteiger partial charge in [-0.05, 0) is 36.4 Å². The van der Waals surface area contributed by atoms with Crippen LogP contribution in [0.25, 0.3) is 16.6 Å². The van der Waals surface area contributed by atoms with Crippen LogP contribution >= 0.6 is 11.8 Å². The number of aromatic nitrogens is 2. The Labute approximate surface area is 193 Å². The molecule has 1 aromatic heterocycles. The first-order valence-corrected chi connectivity index (χ1v) is 11.1. The molecule has 1 aliphatic rings. The third kappa shape index (κ3) is 4.22. The summed E-state index contributed by atoms with van der Waals surface area (Å²) >= 11 is 1.18. The fourth-order valence-electron chi connectivity index (χ4n) is 3.49. The number of benzene rings is 3. The van der Waals surface area contributed by atoms with Crippen molar-refractivity contribution in [3.8, 4) is 22.9 Å². The van der Waals surface area contributed by atoms with Crippen molar-refractivity contribution in [1.82, 2.24) is 9.55 Å². The second kappa shape index (κ2) is 8.87. The molecule has 1 N–H and O–H groups in total. The van der Waals surface area contributed by atoms with E-state index in [1.807, 2.05) is 6.07 Å². The van der Waals surface area contributed by atoms with E-state index in [1.165, 1.54) is 16.3 Å². The zero-order valence-electron chi connectivity index (χ0n) is 17.6. The van der Waals surface area contributed by atoms with E-state index >= 15 is 0 Å². The van der Waals surface area contributed by atoms with Gasteiger partial charge in [0.05, 0.1) is 29.5 Å². The zero-order chi connectivity index (χ0) is 22.8. The van der Waals surface area contributed by atoms with E-state index in [9.17, 15) is 9.59 Å². The molecule has 0 aliphatic carbocycles. The number of anilines is 1. The Balaban J connectivity index is 1.44. The molecule has 5 rings (SSSR count). The van der Waals surface area contributed by atoms with Crippen LogP contribution in [0.2, 0.25) is 0 Å². The minimum Gasteiger partial charge on any atom is -0.497 e. The number of methoxy groups -OCH3 is 1. The first-order chi connectivity index (χ1) is 16.1. The Kier molecular flexibility index (Phi) is 5.62. The van der Waals surface area contributed by atoms with Crippen LogP contribution < -0.4 is 25.1 Å². The van der Waals surface area contributed by atoms with E-state index in [4.69, 9.17) is 14.2 Å². The molecule has 9 heteroatoms. The van der Waals surface area contributed by atoms with Gasteiger partial charge in [-0.3, -0.25) is 14.2 Å². The number of hydrogen-bond acceptors (Lipinski definition) is 7. The molecule has 0 saturated carbocycles. The molecule has 0 spiro atoms. The van der Waals surface area contributed by atoms with Crippen LogP contribution in [-0.4, -0.2) is 35.1 Å². The lowest BCUT2D eigenvalue weighted by atomic mass is 10.2. The quantitative estimate of drug-likeness (QED) is 0.344. The third-order valence-electron chi connectivity index (χ3n) is 5.05. The summed E-state index contributed by atoms with van der Waals surface area (Å²) in [5.74, 6) is 1.67. The monoisotopic (exact) mass is 461 g/mol. The lowest BCUT2D eigenvalue weighted by Crippen LogP contribution is -2.23. The molecule has 0 saturated heterocycles. The van der Waals surface area contributed by atoms with Crippen LogP contribution in [-0.2, 0) is 4.79 Å². The van der Waals surface area contributed by atoms with Gasteiger partial charge in [0.25, 0.3) is 5.56 Å². The number of thioether (sulfide) groups is 1. The van der Waals surface area contributed by atoms with Crippen molar-refractivity contribution in [2.45, 2.75) is 5.16 Å². The lowest BCUT2D eigenvalue weighted by Gasteiger charge is -2.14. The molecule has 4 aromatic rings. The van der Waals surface area contributed by atoms with Gasteiger partial charge in [-0.15, -0.1) is 0 Å². The number of hydrogen-bond donors (Lipinski definition) is 1. The number of amides is 1. The molecule has 2 heterocycles. The number of carbonyl (C=O) groups is 1. The van der Waals surface area contributed by atoms with Gasteiger partial charge >= 0.3 is 0 Å². The summed E-state index contributed by atoms with van der Waals surface area (Å²) in [6.07, 6.45) is 0. The maximum Gasteiger partial charge on any atom is 0.266 e. The van der Waals surface area contributed by atoms with E-state index in [-0.39, 0.29) is 24.0 Å². The highest BCUT2D eigenvalue weighted by Crippen LogP contribution is 2.34. The van der Waals surface area contributed by atoms with Crippen molar-refractivity contribution >= 4 is 34.3 Å². The van der Waals surface area contributed by atoms with Crippen molar-refractivity contribution in [2.75, 3.05) is 25.0 Å². The molecule has 8 nitrogen and oxygen atoms in total. The smallest absolute Gasteiger partial charge is 0.266 e. The van der Waals surface area contributed by atoms with Gasteiger partial charge in [-0.1, -0.05) is 30.0 Å². The number of nitrogens with zero attached hydrogens (tertiary/aromatic N) is 2. The van der Waals surface area contributed by atoms with Gasteiger partial charge in [-0.2, -0.15) is 0 Å². The van der Waals surface area contributed by atoms with Crippen LogP contribution in [0, 0.1) is 0 Å². The topological polar surface area (TPSA) is 91.7 Å². The van der Waals surface area contributed by atoms with Gasteiger partial charge in [0, 0.05) is 17.8 Å². The molecule has 1 amide bonds. The van der Waals surface area contributed by atoms with E-state index in [0.29, 0.717) is 44.7 Å². The first-order valence-electron chi connectivity index (χ1n) is 10.1. The molecule has 33 heavy (non-hydrogen) atoms. The van der Waals surface area contributed by atoms with Gasteiger partial charge in [0.1, 0.15) is 5.75 Å². The van der Waals surface area contributed by atoms with Crippen LogP contribution in [0.1, 0.15) is 0 Å². The summed E-state index contributed by atoms with van der Waals surface area (Å²) in [5.41, 5.74) is 1.56. The van der Waals surface area contributed by atoms with E-state index in [1.54, 1.807) is 67.8 Å². The predicted octanol–water partition coefficient (Wildman–Crippen LogP) is 3.85. The Morgan fingerprint density at radius 3 is 2.82 bits per heavy atom. The maximum absolute atomic E-state index is 13.3. The van der Waals surface area contributed by atoms with Gasteiger partial charge in [0.15, 0.2) is 16.7 Å². The van der Waals surface area contributed by atoms with Crippen LogP contribution in [0.4, 0.5) is 5.69 Å². The van der Waals surface area contributed by atoms with Crippen LogP contribution in [0.15, 0.2) is 76.7 Å². The van der Waals surface area contributed by atoms with E-state index in [0.717, 1.165) is 0 Å². The highest BCUT2D eigenvalue weighted by atomic mass is 32.2. The highest BCUT2D eigenvalue weighted by Gasteiger charge is 2.17. The summed E-state index contributed by atoms with van der Waals surface area (Å²) in [4.78, 5) is 30.6. The minimum absolute atomic E-state index is 0.0587. The molecule has 0 fully saturated rings. The molecular weight excluding hydrogens is 442 g/mol. The van der Waals surface area contributed by atoms with Gasteiger partial charge < -0.3 is 19.5 Å². The summed E-state index contributed by atoms with van der Waals surface area (Å²) in [5, 5.41) is 3.75. The Morgan fingerprint density at radius 1 is 1.09 bits per heavy atom. The SMILES string of the molecule is COc1cccc(-n2c(SCC(=O)Nc3ccc4c(c3)OCO4)nc3ccccc3c2=O)c1. The molecule has 0 radical (unpaired) electrons. The van der Waals surface area contributed by atoms with E-state index in [2.05, 4.69) is 10.3 Å². The van der Waals surface area contributed by atoms with Crippen molar-refractivity contribution in [1.29, 1.82) is 0 Å².